The summed E-state index contributed by atoms with van der Waals surface area (Å²) in [5, 5.41) is 0. The third-order valence-corrected chi connectivity index (χ3v) is 6.99. The van der Waals surface area contributed by atoms with Crippen molar-refractivity contribution in [1.82, 2.24) is 4.90 Å². The zero-order chi connectivity index (χ0) is 23.9. The topological polar surface area (TPSA) is 72.9 Å². The Balaban J connectivity index is 1.25. The number of ether oxygens (including phenoxy) is 2. The number of benzene rings is 2. The number of carbonyl (C=O) groups excluding carboxylic acids is 3. The van der Waals surface area contributed by atoms with Crippen LogP contribution >= 0.6 is 0 Å². The van der Waals surface area contributed by atoms with Gasteiger partial charge >= 0.3 is 17.9 Å². The minimum absolute atomic E-state index is 0.167. The van der Waals surface area contributed by atoms with E-state index in [2.05, 4.69) is 17.9 Å². The summed E-state index contributed by atoms with van der Waals surface area (Å²) < 4.78 is 10.8. The van der Waals surface area contributed by atoms with Crippen LogP contribution in [0.25, 0.3) is 0 Å². The standard InChI is InChI=1S/C28H33NO5/c1-2-3-8-20-9-7-12-22(17-20)26(30)33-19-25-14-13-24-18-23(15-16-29(24)25)28(32)34-27(31)21-10-5-4-6-11-21/h4-7,9-12,17,23-25H,2-3,8,13-16,18-19H2,1H3/t23?,24?,25-/m0/s1. The first kappa shape index (κ1) is 24.1. The van der Waals surface area contributed by atoms with Crippen LogP contribution in [-0.2, 0) is 20.7 Å². The van der Waals surface area contributed by atoms with E-state index in [0.29, 0.717) is 30.6 Å². The van der Waals surface area contributed by atoms with E-state index in [1.54, 1.807) is 24.3 Å². The third-order valence-electron chi connectivity index (χ3n) is 6.99. The quantitative estimate of drug-likeness (QED) is 0.413. The summed E-state index contributed by atoms with van der Waals surface area (Å²) in [6.07, 6.45) is 6.38. The Hall–Kier alpha value is -2.99. The summed E-state index contributed by atoms with van der Waals surface area (Å²) in [6, 6.07) is 16.7. The van der Waals surface area contributed by atoms with E-state index in [-0.39, 0.29) is 24.0 Å². The fourth-order valence-electron chi connectivity index (χ4n) is 5.08. The Labute approximate surface area is 201 Å². The highest BCUT2D eigenvalue weighted by Crippen LogP contribution is 2.35. The second kappa shape index (κ2) is 11.4. The Morgan fingerprint density at radius 3 is 2.53 bits per heavy atom. The number of unbranched alkanes of at least 4 members (excludes halogenated alkanes) is 1. The number of fused-ring (bicyclic) bond motifs is 1. The number of hydrogen-bond acceptors (Lipinski definition) is 6. The van der Waals surface area contributed by atoms with Crippen molar-refractivity contribution in [1.29, 1.82) is 0 Å². The summed E-state index contributed by atoms with van der Waals surface area (Å²) in [5.74, 6) is -1.59. The predicted molar refractivity (Wildman–Crippen MR) is 128 cm³/mol. The van der Waals surface area contributed by atoms with E-state index < -0.39 is 11.9 Å². The maximum Gasteiger partial charge on any atom is 0.345 e. The lowest BCUT2D eigenvalue weighted by Crippen LogP contribution is -2.46. The molecule has 0 radical (unpaired) electrons. The van der Waals surface area contributed by atoms with Crippen molar-refractivity contribution in [3.05, 3.63) is 71.3 Å². The molecule has 2 fully saturated rings. The summed E-state index contributed by atoms with van der Waals surface area (Å²) in [5.41, 5.74) is 2.15. The summed E-state index contributed by atoms with van der Waals surface area (Å²) in [6.45, 7) is 3.25. The van der Waals surface area contributed by atoms with Gasteiger partial charge < -0.3 is 9.47 Å². The first-order chi connectivity index (χ1) is 16.5. The Kier molecular flexibility index (Phi) is 8.12. The SMILES string of the molecule is CCCCc1cccc(C(=O)OC[C@@H]2CCC3CC(C(=O)OC(=O)c4ccccc4)CCN32)c1. The second-order valence-corrected chi connectivity index (χ2v) is 9.32. The van der Waals surface area contributed by atoms with E-state index in [4.69, 9.17) is 9.47 Å². The lowest BCUT2D eigenvalue weighted by molar-refractivity contribution is -0.145. The maximum atomic E-state index is 12.6. The highest BCUT2D eigenvalue weighted by Gasteiger charge is 2.41. The van der Waals surface area contributed by atoms with Gasteiger partial charge in [0.2, 0.25) is 0 Å². The zero-order valence-corrected chi connectivity index (χ0v) is 19.8. The molecule has 2 aliphatic heterocycles. The fourth-order valence-corrected chi connectivity index (χ4v) is 5.08. The monoisotopic (exact) mass is 463 g/mol. The molecule has 0 spiro atoms. The van der Waals surface area contributed by atoms with E-state index >= 15 is 0 Å². The molecule has 0 amide bonds. The second-order valence-electron chi connectivity index (χ2n) is 9.32. The molecule has 2 unspecified atom stereocenters. The largest absolute Gasteiger partial charge is 0.460 e. The lowest BCUT2D eigenvalue weighted by Gasteiger charge is -2.36. The van der Waals surface area contributed by atoms with Gasteiger partial charge in [0.05, 0.1) is 17.0 Å². The van der Waals surface area contributed by atoms with Gasteiger partial charge in [-0.1, -0.05) is 43.7 Å². The van der Waals surface area contributed by atoms with Gasteiger partial charge in [-0.15, -0.1) is 0 Å². The molecule has 34 heavy (non-hydrogen) atoms. The number of aryl methyl sites for hydroxylation is 1. The van der Waals surface area contributed by atoms with Crippen LogP contribution in [0.15, 0.2) is 54.6 Å². The molecule has 2 aliphatic rings. The van der Waals surface area contributed by atoms with Crippen LogP contribution in [0, 0.1) is 5.92 Å². The van der Waals surface area contributed by atoms with Gasteiger partial charge in [-0.25, -0.2) is 9.59 Å². The van der Waals surface area contributed by atoms with E-state index in [1.807, 2.05) is 24.3 Å². The van der Waals surface area contributed by atoms with Crippen molar-refractivity contribution in [2.45, 2.75) is 64.0 Å². The van der Waals surface area contributed by atoms with Crippen LogP contribution in [-0.4, -0.2) is 48.0 Å². The number of carbonyl (C=O) groups is 3. The molecule has 0 aliphatic carbocycles. The van der Waals surface area contributed by atoms with E-state index in [1.165, 1.54) is 0 Å². The molecule has 6 heteroatoms. The van der Waals surface area contributed by atoms with Crippen LogP contribution in [0.5, 0.6) is 0 Å². The Bertz CT molecular complexity index is 1000. The van der Waals surface area contributed by atoms with E-state index in [9.17, 15) is 14.4 Å². The number of nitrogens with zero attached hydrogens (tertiary/aromatic N) is 1. The number of piperidine rings is 1. The van der Waals surface area contributed by atoms with Crippen LogP contribution in [0.1, 0.15) is 71.7 Å². The van der Waals surface area contributed by atoms with Gasteiger partial charge in [0.25, 0.3) is 0 Å². The van der Waals surface area contributed by atoms with Crippen LogP contribution < -0.4 is 0 Å². The molecular formula is C28H33NO5. The smallest absolute Gasteiger partial charge is 0.345 e. The molecule has 4 rings (SSSR count). The van der Waals surface area contributed by atoms with Gasteiger partial charge in [-0.3, -0.25) is 9.69 Å². The van der Waals surface area contributed by atoms with Gasteiger partial charge in [-0.2, -0.15) is 0 Å². The Morgan fingerprint density at radius 1 is 0.941 bits per heavy atom. The molecule has 2 aromatic rings. The normalized spacial score (nSPS) is 22.1. The predicted octanol–water partition coefficient (Wildman–Crippen LogP) is 4.81. The minimum atomic E-state index is -0.594. The maximum absolute atomic E-state index is 12.6. The molecule has 0 saturated carbocycles. The van der Waals surface area contributed by atoms with Gasteiger partial charge in [0, 0.05) is 12.1 Å². The molecule has 0 N–H and O–H groups in total. The van der Waals surface area contributed by atoms with Gasteiger partial charge in [0.15, 0.2) is 0 Å². The van der Waals surface area contributed by atoms with Crippen LogP contribution in [0.2, 0.25) is 0 Å². The van der Waals surface area contributed by atoms with E-state index in [0.717, 1.165) is 44.2 Å². The van der Waals surface area contributed by atoms with Crippen LogP contribution in [0.4, 0.5) is 0 Å². The molecule has 0 aromatic heterocycles. The summed E-state index contributed by atoms with van der Waals surface area (Å²) in [4.78, 5) is 39.8. The summed E-state index contributed by atoms with van der Waals surface area (Å²) in [7, 11) is 0. The van der Waals surface area contributed by atoms with Crippen LogP contribution in [0.3, 0.4) is 0 Å². The van der Waals surface area contributed by atoms with Gasteiger partial charge in [-0.05, 0) is 74.9 Å². The first-order valence-corrected chi connectivity index (χ1v) is 12.4. The molecule has 180 valence electrons. The van der Waals surface area contributed by atoms with Gasteiger partial charge in [0.1, 0.15) is 6.61 Å². The molecule has 3 atom stereocenters. The van der Waals surface area contributed by atoms with Crippen molar-refractivity contribution < 1.29 is 23.9 Å². The van der Waals surface area contributed by atoms with Crippen molar-refractivity contribution in [3.63, 3.8) is 0 Å². The first-order valence-electron chi connectivity index (χ1n) is 12.4. The Morgan fingerprint density at radius 2 is 1.74 bits per heavy atom. The molecule has 6 nitrogen and oxygen atoms in total. The number of esters is 3. The third kappa shape index (κ3) is 5.92. The zero-order valence-electron chi connectivity index (χ0n) is 19.8. The minimum Gasteiger partial charge on any atom is -0.460 e. The van der Waals surface area contributed by atoms with Crippen molar-refractivity contribution in [2.75, 3.05) is 13.2 Å². The lowest BCUT2D eigenvalue weighted by atomic mass is 9.91. The fraction of sp³-hybridized carbons (Fsp3) is 0.464. The highest BCUT2D eigenvalue weighted by atomic mass is 16.6. The molecule has 2 heterocycles. The van der Waals surface area contributed by atoms with Crippen molar-refractivity contribution in [3.8, 4) is 0 Å². The molecule has 2 saturated heterocycles. The average Bonchev–Trinajstić information content (AvgIpc) is 3.28. The van der Waals surface area contributed by atoms with Crippen molar-refractivity contribution in [2.24, 2.45) is 5.92 Å². The molecular weight excluding hydrogens is 430 g/mol. The number of rotatable bonds is 8. The molecule has 0 bridgehead atoms. The van der Waals surface area contributed by atoms with Crippen molar-refractivity contribution >= 4 is 17.9 Å². The highest BCUT2D eigenvalue weighted by molar-refractivity contribution is 5.97. The summed E-state index contributed by atoms with van der Waals surface area (Å²) >= 11 is 0. The number of hydrogen-bond donors (Lipinski definition) is 0. The average molecular weight is 464 g/mol. The molecule has 2 aromatic carbocycles.